The summed E-state index contributed by atoms with van der Waals surface area (Å²) >= 11 is 0. The van der Waals surface area contributed by atoms with Crippen molar-refractivity contribution in [3.05, 3.63) is 48.0 Å². The molecular weight excluding hydrogens is 236 g/mol. The zero-order valence-electron chi connectivity index (χ0n) is 11.2. The molecule has 2 aromatic rings. The Hall–Kier alpha value is -1.97. The van der Waals surface area contributed by atoms with Crippen molar-refractivity contribution in [3.63, 3.8) is 0 Å². The molecule has 1 atom stereocenters. The molecule has 0 radical (unpaired) electrons. The van der Waals surface area contributed by atoms with E-state index in [-0.39, 0.29) is 0 Å². The highest BCUT2D eigenvalue weighted by atomic mass is 15.2. The average Bonchev–Trinajstić information content (AvgIpc) is 2.48. The zero-order valence-corrected chi connectivity index (χ0v) is 11.2. The Labute approximate surface area is 113 Å². The first-order chi connectivity index (χ1) is 9.33. The number of nitrogens with zero attached hydrogens (tertiary/aromatic N) is 4. The van der Waals surface area contributed by atoms with Gasteiger partial charge in [0.1, 0.15) is 0 Å². The van der Waals surface area contributed by atoms with E-state index in [1.54, 1.807) is 0 Å². The molecule has 1 aliphatic rings. The molecule has 0 amide bonds. The second kappa shape index (κ2) is 5.34. The quantitative estimate of drug-likeness (QED) is 0.826. The smallest absolute Gasteiger partial charge is 0.225 e. The van der Waals surface area contributed by atoms with Gasteiger partial charge in [-0.2, -0.15) is 0 Å². The fourth-order valence-corrected chi connectivity index (χ4v) is 2.71. The van der Waals surface area contributed by atoms with Gasteiger partial charge in [-0.15, -0.1) is 0 Å². The summed E-state index contributed by atoms with van der Waals surface area (Å²) in [5.74, 6) is 1.40. The molecule has 19 heavy (non-hydrogen) atoms. The van der Waals surface area contributed by atoms with Crippen LogP contribution in [0, 0.1) is 6.92 Å². The molecule has 1 aliphatic heterocycles. The Balaban J connectivity index is 1.78. The third-order valence-corrected chi connectivity index (χ3v) is 3.65. The number of aromatic nitrogens is 3. The van der Waals surface area contributed by atoms with Crippen molar-refractivity contribution in [1.82, 2.24) is 15.0 Å². The second-order valence-corrected chi connectivity index (χ2v) is 5.06. The van der Waals surface area contributed by atoms with Crippen LogP contribution in [-0.2, 0) is 0 Å². The molecule has 0 aliphatic carbocycles. The first-order valence-electron chi connectivity index (χ1n) is 6.77. The Morgan fingerprint density at radius 2 is 2.00 bits per heavy atom. The summed E-state index contributed by atoms with van der Waals surface area (Å²) in [6.07, 6.45) is 7.94. The van der Waals surface area contributed by atoms with Gasteiger partial charge in [0.2, 0.25) is 5.95 Å². The van der Waals surface area contributed by atoms with Gasteiger partial charge in [-0.3, -0.25) is 4.98 Å². The van der Waals surface area contributed by atoms with E-state index in [1.807, 2.05) is 31.6 Å². The van der Waals surface area contributed by atoms with Crippen LogP contribution in [-0.4, -0.2) is 28.0 Å². The number of piperidine rings is 1. The lowest BCUT2D eigenvalue weighted by Crippen LogP contribution is -2.35. The van der Waals surface area contributed by atoms with Gasteiger partial charge in [-0.1, -0.05) is 0 Å². The van der Waals surface area contributed by atoms with Gasteiger partial charge in [-0.05, 0) is 43.5 Å². The number of aryl methyl sites for hydroxylation is 1. The Kier molecular flexibility index (Phi) is 3.40. The van der Waals surface area contributed by atoms with Crippen molar-refractivity contribution in [3.8, 4) is 0 Å². The van der Waals surface area contributed by atoms with E-state index in [4.69, 9.17) is 0 Å². The van der Waals surface area contributed by atoms with E-state index in [2.05, 4.69) is 32.0 Å². The minimum absolute atomic E-state index is 0.555. The minimum atomic E-state index is 0.555. The number of hydrogen-bond acceptors (Lipinski definition) is 4. The van der Waals surface area contributed by atoms with E-state index in [9.17, 15) is 0 Å². The number of hydrogen-bond donors (Lipinski definition) is 0. The van der Waals surface area contributed by atoms with Crippen LogP contribution >= 0.6 is 0 Å². The normalized spacial score (nSPS) is 19.4. The number of pyridine rings is 1. The van der Waals surface area contributed by atoms with Crippen molar-refractivity contribution in [2.45, 2.75) is 25.7 Å². The maximum atomic E-state index is 4.35. The lowest BCUT2D eigenvalue weighted by Gasteiger charge is -2.33. The first kappa shape index (κ1) is 12.1. The highest BCUT2D eigenvalue weighted by molar-refractivity contribution is 5.32. The molecule has 3 rings (SSSR count). The van der Waals surface area contributed by atoms with E-state index in [0.29, 0.717) is 5.92 Å². The fraction of sp³-hybridized carbons (Fsp3) is 0.400. The van der Waals surface area contributed by atoms with Gasteiger partial charge in [0, 0.05) is 43.3 Å². The first-order valence-corrected chi connectivity index (χ1v) is 6.77. The monoisotopic (exact) mass is 254 g/mol. The predicted molar refractivity (Wildman–Crippen MR) is 75.2 cm³/mol. The van der Waals surface area contributed by atoms with Crippen LogP contribution in [0.3, 0.4) is 0 Å². The summed E-state index contributed by atoms with van der Waals surface area (Å²) in [5, 5.41) is 0. The third kappa shape index (κ3) is 2.72. The summed E-state index contributed by atoms with van der Waals surface area (Å²) in [4.78, 5) is 15.3. The Morgan fingerprint density at radius 1 is 1.16 bits per heavy atom. The molecular formula is C15H18N4. The van der Waals surface area contributed by atoms with Gasteiger partial charge in [0.25, 0.3) is 0 Å². The van der Waals surface area contributed by atoms with Crippen molar-refractivity contribution >= 4 is 5.95 Å². The lowest BCUT2D eigenvalue weighted by molar-refractivity contribution is 0.503. The van der Waals surface area contributed by atoms with E-state index in [1.165, 1.54) is 18.4 Å². The van der Waals surface area contributed by atoms with Crippen LogP contribution in [0.15, 0.2) is 36.8 Å². The van der Waals surface area contributed by atoms with Crippen LogP contribution in [0.25, 0.3) is 0 Å². The number of rotatable bonds is 2. The van der Waals surface area contributed by atoms with Crippen LogP contribution in [0.1, 0.15) is 30.0 Å². The van der Waals surface area contributed by atoms with Crippen LogP contribution < -0.4 is 4.90 Å². The maximum Gasteiger partial charge on any atom is 0.225 e. The molecule has 0 bridgehead atoms. The van der Waals surface area contributed by atoms with Crippen LogP contribution in [0.2, 0.25) is 0 Å². The highest BCUT2D eigenvalue weighted by Crippen LogP contribution is 2.28. The number of anilines is 1. The molecule has 0 aromatic carbocycles. The largest absolute Gasteiger partial charge is 0.340 e. The van der Waals surface area contributed by atoms with Gasteiger partial charge < -0.3 is 4.90 Å². The fourth-order valence-electron chi connectivity index (χ4n) is 2.71. The molecule has 4 nitrogen and oxygen atoms in total. The molecule has 1 fully saturated rings. The summed E-state index contributed by atoms with van der Waals surface area (Å²) in [6.45, 7) is 4.09. The van der Waals surface area contributed by atoms with E-state index >= 15 is 0 Å². The summed E-state index contributed by atoms with van der Waals surface area (Å²) in [7, 11) is 0. The van der Waals surface area contributed by atoms with Gasteiger partial charge in [-0.25, -0.2) is 9.97 Å². The Morgan fingerprint density at radius 3 is 2.79 bits per heavy atom. The molecule has 1 unspecified atom stereocenters. The maximum absolute atomic E-state index is 4.35. The van der Waals surface area contributed by atoms with Crippen molar-refractivity contribution < 1.29 is 0 Å². The van der Waals surface area contributed by atoms with Crippen molar-refractivity contribution in [2.75, 3.05) is 18.0 Å². The van der Waals surface area contributed by atoms with E-state index in [0.717, 1.165) is 24.7 Å². The standard InChI is InChI=1S/C15H18N4/c1-12-10-13(5-8-16-12)14-4-2-9-19(11-14)15-17-6-3-7-18-15/h3,5-8,10,14H,2,4,9,11H2,1H3. The molecule has 98 valence electrons. The van der Waals surface area contributed by atoms with Crippen molar-refractivity contribution in [2.24, 2.45) is 0 Å². The lowest BCUT2D eigenvalue weighted by atomic mass is 9.91. The van der Waals surface area contributed by atoms with Gasteiger partial charge in [0.15, 0.2) is 0 Å². The molecule has 0 N–H and O–H groups in total. The van der Waals surface area contributed by atoms with Crippen LogP contribution in [0.5, 0.6) is 0 Å². The predicted octanol–water partition coefficient (Wildman–Crippen LogP) is 2.56. The highest BCUT2D eigenvalue weighted by Gasteiger charge is 2.22. The van der Waals surface area contributed by atoms with Gasteiger partial charge >= 0.3 is 0 Å². The Bertz CT molecular complexity index is 541. The molecule has 2 aromatic heterocycles. The molecule has 0 spiro atoms. The summed E-state index contributed by atoms with van der Waals surface area (Å²) in [5.41, 5.74) is 2.47. The molecule has 0 saturated carbocycles. The molecule has 3 heterocycles. The zero-order chi connectivity index (χ0) is 13.1. The summed E-state index contributed by atoms with van der Waals surface area (Å²) < 4.78 is 0. The SMILES string of the molecule is Cc1cc(C2CCCN(c3ncccn3)C2)ccn1. The van der Waals surface area contributed by atoms with Crippen LogP contribution in [0.4, 0.5) is 5.95 Å². The molecule has 1 saturated heterocycles. The average molecular weight is 254 g/mol. The third-order valence-electron chi connectivity index (χ3n) is 3.65. The topological polar surface area (TPSA) is 41.9 Å². The van der Waals surface area contributed by atoms with E-state index < -0.39 is 0 Å². The minimum Gasteiger partial charge on any atom is -0.340 e. The summed E-state index contributed by atoms with van der Waals surface area (Å²) in [6, 6.07) is 6.18. The van der Waals surface area contributed by atoms with Crippen molar-refractivity contribution in [1.29, 1.82) is 0 Å². The second-order valence-electron chi connectivity index (χ2n) is 5.06. The molecule has 4 heteroatoms. The van der Waals surface area contributed by atoms with Gasteiger partial charge in [0.05, 0.1) is 0 Å².